The van der Waals surface area contributed by atoms with Gasteiger partial charge in [-0.3, -0.25) is 9.89 Å². The lowest BCUT2D eigenvalue weighted by Crippen LogP contribution is -2.27. The number of fused-ring (bicyclic) bond motifs is 1. The lowest BCUT2D eigenvalue weighted by molar-refractivity contribution is 0.0945. The number of aromatic nitrogens is 2. The molecule has 0 radical (unpaired) electrons. The molecule has 1 aromatic heterocycles. The molecule has 1 aromatic rings. The zero-order valence-electron chi connectivity index (χ0n) is 8.47. The van der Waals surface area contributed by atoms with Crippen molar-refractivity contribution >= 4 is 11.7 Å². The molecule has 2 aliphatic rings. The van der Waals surface area contributed by atoms with Crippen molar-refractivity contribution in [3.8, 4) is 0 Å². The molecular formula is C10H14N4O. The van der Waals surface area contributed by atoms with Crippen molar-refractivity contribution in [3.05, 3.63) is 11.3 Å². The summed E-state index contributed by atoms with van der Waals surface area (Å²) in [5.74, 6) is 0.845. The van der Waals surface area contributed by atoms with E-state index in [-0.39, 0.29) is 5.91 Å². The van der Waals surface area contributed by atoms with Gasteiger partial charge in [0.1, 0.15) is 5.69 Å². The number of carbonyl (C=O) groups is 1. The molecule has 1 saturated carbocycles. The number of carbonyl (C=O) groups excluding carboxylic acids is 1. The van der Waals surface area contributed by atoms with Crippen LogP contribution in [0, 0.1) is 0 Å². The Bertz CT molecular complexity index is 394. The summed E-state index contributed by atoms with van der Waals surface area (Å²) in [6, 6.07) is 0.396. The number of hydrogen-bond acceptors (Lipinski definition) is 3. The topological polar surface area (TPSA) is 69.8 Å². The molecule has 1 amide bonds. The molecule has 1 fully saturated rings. The minimum absolute atomic E-state index is 0.00468. The van der Waals surface area contributed by atoms with Crippen LogP contribution in [0.15, 0.2) is 0 Å². The highest BCUT2D eigenvalue weighted by atomic mass is 16.2. The first-order valence-electron chi connectivity index (χ1n) is 5.46. The maximum Gasteiger partial charge on any atom is 0.269 e. The highest BCUT2D eigenvalue weighted by Gasteiger charge is 2.27. The van der Waals surface area contributed by atoms with Crippen molar-refractivity contribution in [2.24, 2.45) is 0 Å². The second-order valence-corrected chi connectivity index (χ2v) is 4.20. The Morgan fingerprint density at radius 1 is 1.47 bits per heavy atom. The summed E-state index contributed by atoms with van der Waals surface area (Å²) < 4.78 is 0. The fourth-order valence-corrected chi connectivity index (χ4v) is 1.90. The van der Waals surface area contributed by atoms with Gasteiger partial charge in [0.15, 0.2) is 5.82 Å². The van der Waals surface area contributed by atoms with Crippen LogP contribution in [0.4, 0.5) is 5.82 Å². The minimum atomic E-state index is -0.00468. The van der Waals surface area contributed by atoms with E-state index in [1.54, 1.807) is 0 Å². The molecule has 80 valence electrons. The third-order valence-electron chi connectivity index (χ3n) is 2.90. The van der Waals surface area contributed by atoms with E-state index in [0.29, 0.717) is 11.7 Å². The molecule has 0 bridgehead atoms. The molecule has 0 atom stereocenters. The van der Waals surface area contributed by atoms with Gasteiger partial charge in [0.25, 0.3) is 5.91 Å². The number of nitrogens with zero attached hydrogens (tertiary/aromatic N) is 1. The van der Waals surface area contributed by atoms with Gasteiger partial charge in [0, 0.05) is 18.2 Å². The Morgan fingerprint density at radius 3 is 3.13 bits per heavy atom. The van der Waals surface area contributed by atoms with Gasteiger partial charge in [-0.1, -0.05) is 0 Å². The lowest BCUT2D eigenvalue weighted by Gasteiger charge is -2.12. The van der Waals surface area contributed by atoms with Crippen LogP contribution in [0.3, 0.4) is 0 Å². The first kappa shape index (κ1) is 8.76. The molecule has 1 aliphatic heterocycles. The number of nitrogens with one attached hydrogen (secondary N) is 3. The van der Waals surface area contributed by atoms with Crippen molar-refractivity contribution < 1.29 is 4.79 Å². The SMILES string of the molecule is O=C(NC1CC1)c1[nH]nc2c1CCCN2. The zero-order chi connectivity index (χ0) is 10.3. The third-order valence-corrected chi connectivity index (χ3v) is 2.90. The highest BCUT2D eigenvalue weighted by molar-refractivity contribution is 5.95. The summed E-state index contributed by atoms with van der Waals surface area (Å²) in [6.45, 7) is 0.946. The van der Waals surface area contributed by atoms with E-state index < -0.39 is 0 Å². The molecule has 5 nitrogen and oxygen atoms in total. The standard InChI is InChI=1S/C10H14N4O/c15-10(12-6-3-4-6)8-7-2-1-5-11-9(7)14-13-8/h6H,1-5H2,(H,12,15)(H2,11,13,14). The van der Waals surface area contributed by atoms with Crippen molar-refractivity contribution in [3.63, 3.8) is 0 Å². The Kier molecular flexibility index (Phi) is 1.90. The Morgan fingerprint density at radius 2 is 2.33 bits per heavy atom. The smallest absolute Gasteiger partial charge is 0.269 e. The fraction of sp³-hybridized carbons (Fsp3) is 0.600. The Labute approximate surface area is 87.6 Å². The van der Waals surface area contributed by atoms with Gasteiger partial charge in [0.05, 0.1) is 0 Å². The van der Waals surface area contributed by atoms with E-state index in [4.69, 9.17) is 0 Å². The maximum absolute atomic E-state index is 11.8. The molecule has 3 N–H and O–H groups in total. The van der Waals surface area contributed by atoms with Gasteiger partial charge in [-0.2, -0.15) is 5.10 Å². The minimum Gasteiger partial charge on any atom is -0.368 e. The van der Waals surface area contributed by atoms with E-state index in [1.807, 2.05) is 0 Å². The van der Waals surface area contributed by atoms with Crippen LogP contribution in [0.25, 0.3) is 0 Å². The van der Waals surface area contributed by atoms with Crippen molar-refractivity contribution in [1.82, 2.24) is 15.5 Å². The van der Waals surface area contributed by atoms with Crippen LogP contribution in [-0.4, -0.2) is 28.7 Å². The van der Waals surface area contributed by atoms with Crippen LogP contribution in [-0.2, 0) is 6.42 Å². The van der Waals surface area contributed by atoms with Gasteiger partial charge in [-0.15, -0.1) is 0 Å². The first-order valence-corrected chi connectivity index (χ1v) is 5.46. The van der Waals surface area contributed by atoms with Crippen LogP contribution < -0.4 is 10.6 Å². The monoisotopic (exact) mass is 206 g/mol. The van der Waals surface area contributed by atoms with E-state index in [1.165, 1.54) is 0 Å². The zero-order valence-corrected chi connectivity index (χ0v) is 8.47. The first-order chi connectivity index (χ1) is 7.34. The Balaban J connectivity index is 1.83. The van der Waals surface area contributed by atoms with Crippen LogP contribution in [0.5, 0.6) is 0 Å². The number of hydrogen-bond donors (Lipinski definition) is 3. The largest absolute Gasteiger partial charge is 0.368 e. The Hall–Kier alpha value is -1.52. The van der Waals surface area contributed by atoms with E-state index in [9.17, 15) is 4.79 Å². The lowest BCUT2D eigenvalue weighted by atomic mass is 10.1. The van der Waals surface area contributed by atoms with Gasteiger partial charge >= 0.3 is 0 Å². The summed E-state index contributed by atoms with van der Waals surface area (Å²) in [6.07, 6.45) is 4.23. The maximum atomic E-state index is 11.8. The molecule has 0 aromatic carbocycles. The number of rotatable bonds is 2. The number of amides is 1. The second kappa shape index (κ2) is 3.25. The van der Waals surface area contributed by atoms with Crippen LogP contribution in [0.2, 0.25) is 0 Å². The summed E-state index contributed by atoms with van der Waals surface area (Å²) in [5, 5.41) is 13.1. The molecule has 0 unspecified atom stereocenters. The summed E-state index contributed by atoms with van der Waals surface area (Å²) in [7, 11) is 0. The van der Waals surface area contributed by atoms with E-state index in [0.717, 1.165) is 43.6 Å². The average Bonchev–Trinajstić information content (AvgIpc) is 2.96. The van der Waals surface area contributed by atoms with Crippen molar-refractivity contribution in [1.29, 1.82) is 0 Å². The molecule has 0 saturated heterocycles. The van der Waals surface area contributed by atoms with Gasteiger partial charge in [-0.05, 0) is 25.7 Å². The molecule has 3 rings (SSSR count). The van der Waals surface area contributed by atoms with Crippen molar-refractivity contribution in [2.75, 3.05) is 11.9 Å². The number of H-pyrrole nitrogens is 1. The molecule has 5 heteroatoms. The quantitative estimate of drug-likeness (QED) is 0.665. The predicted octanol–water partition coefficient (Wildman–Crippen LogP) is 0.660. The molecular weight excluding hydrogens is 192 g/mol. The summed E-state index contributed by atoms with van der Waals surface area (Å²) >= 11 is 0. The molecule has 15 heavy (non-hydrogen) atoms. The summed E-state index contributed by atoms with van der Waals surface area (Å²) in [4.78, 5) is 11.8. The molecule has 0 spiro atoms. The van der Waals surface area contributed by atoms with Gasteiger partial charge < -0.3 is 10.6 Å². The molecule has 1 aliphatic carbocycles. The van der Waals surface area contributed by atoms with Crippen LogP contribution >= 0.6 is 0 Å². The third kappa shape index (κ3) is 1.58. The van der Waals surface area contributed by atoms with E-state index in [2.05, 4.69) is 20.8 Å². The number of aromatic amines is 1. The second-order valence-electron chi connectivity index (χ2n) is 4.20. The van der Waals surface area contributed by atoms with Gasteiger partial charge in [-0.25, -0.2) is 0 Å². The normalized spacial score (nSPS) is 19.2. The van der Waals surface area contributed by atoms with Crippen LogP contribution in [0.1, 0.15) is 35.3 Å². The van der Waals surface area contributed by atoms with Crippen molar-refractivity contribution in [2.45, 2.75) is 31.7 Å². The van der Waals surface area contributed by atoms with E-state index >= 15 is 0 Å². The van der Waals surface area contributed by atoms with Gasteiger partial charge in [0.2, 0.25) is 0 Å². The highest BCUT2D eigenvalue weighted by Crippen LogP contribution is 2.24. The fourth-order valence-electron chi connectivity index (χ4n) is 1.90. The number of anilines is 1. The summed E-state index contributed by atoms with van der Waals surface area (Å²) in [5.41, 5.74) is 1.68. The predicted molar refractivity (Wildman–Crippen MR) is 55.9 cm³/mol. The molecule has 2 heterocycles. The average molecular weight is 206 g/mol.